The normalized spacial score (nSPS) is 40.0. The van der Waals surface area contributed by atoms with Crippen LogP contribution in [0, 0.1) is 0 Å². The zero-order valence-electron chi connectivity index (χ0n) is 19.2. The van der Waals surface area contributed by atoms with E-state index in [4.69, 9.17) is 18.9 Å². The number of rotatable bonds is 10. The van der Waals surface area contributed by atoms with Gasteiger partial charge in [-0.1, -0.05) is 23.3 Å². The molecule has 2 saturated heterocycles. The van der Waals surface area contributed by atoms with Crippen molar-refractivity contribution in [2.75, 3.05) is 19.8 Å². The highest BCUT2D eigenvalue weighted by Crippen LogP contribution is 2.26. The SMILES string of the molecule is CC(C)=CCCC(C)=CCO[C@@H]1O[C@H](CO[C@@H]2O[C@H](CO)[C@@H](O)[C@H](O)[C@H]2O)[C@@H](O)[C@H](O)[C@H]1O. The molecule has 2 aliphatic rings. The van der Waals surface area contributed by atoms with E-state index < -0.39 is 74.6 Å². The van der Waals surface area contributed by atoms with Crippen molar-refractivity contribution in [3.05, 3.63) is 23.3 Å². The molecular formula is C22H38O11. The van der Waals surface area contributed by atoms with Crippen LogP contribution in [0.25, 0.3) is 0 Å². The summed E-state index contributed by atoms with van der Waals surface area (Å²) in [6, 6.07) is 0. The first-order chi connectivity index (χ1) is 15.6. The van der Waals surface area contributed by atoms with Crippen molar-refractivity contribution in [2.45, 2.75) is 95.0 Å². The number of ether oxygens (including phenoxy) is 4. The first-order valence-corrected chi connectivity index (χ1v) is 11.1. The molecule has 0 amide bonds. The summed E-state index contributed by atoms with van der Waals surface area (Å²) in [6.45, 7) is 5.12. The topological polar surface area (TPSA) is 179 Å². The van der Waals surface area contributed by atoms with E-state index in [2.05, 4.69) is 6.08 Å². The van der Waals surface area contributed by atoms with Crippen molar-refractivity contribution >= 4 is 0 Å². The maximum Gasteiger partial charge on any atom is 0.187 e. The Bertz CT molecular complexity index is 648. The van der Waals surface area contributed by atoms with Crippen molar-refractivity contribution in [3.8, 4) is 0 Å². The maximum absolute atomic E-state index is 10.2. The predicted octanol–water partition coefficient (Wildman–Crippen LogP) is -1.68. The van der Waals surface area contributed by atoms with Gasteiger partial charge >= 0.3 is 0 Å². The fourth-order valence-corrected chi connectivity index (χ4v) is 3.56. The average molecular weight is 479 g/mol. The van der Waals surface area contributed by atoms with Gasteiger partial charge in [0.1, 0.15) is 48.8 Å². The maximum atomic E-state index is 10.2. The van der Waals surface area contributed by atoms with Crippen LogP contribution in [0.4, 0.5) is 0 Å². The molecule has 192 valence electrons. The Morgan fingerprint density at radius 3 is 1.85 bits per heavy atom. The fourth-order valence-electron chi connectivity index (χ4n) is 3.56. The lowest BCUT2D eigenvalue weighted by molar-refractivity contribution is -0.330. The molecule has 0 radical (unpaired) electrons. The molecule has 2 rings (SSSR count). The van der Waals surface area contributed by atoms with E-state index in [0.29, 0.717) is 0 Å². The van der Waals surface area contributed by atoms with Crippen LogP contribution in [0.1, 0.15) is 33.6 Å². The molecule has 2 heterocycles. The first-order valence-electron chi connectivity index (χ1n) is 11.1. The van der Waals surface area contributed by atoms with Gasteiger partial charge < -0.3 is 54.7 Å². The number of hydrogen-bond acceptors (Lipinski definition) is 11. The zero-order chi connectivity index (χ0) is 24.7. The first kappa shape index (κ1) is 28.3. The largest absolute Gasteiger partial charge is 0.394 e. The van der Waals surface area contributed by atoms with Crippen LogP contribution in [-0.2, 0) is 18.9 Å². The number of aliphatic hydroxyl groups is 7. The van der Waals surface area contributed by atoms with Gasteiger partial charge in [0.05, 0.1) is 19.8 Å². The summed E-state index contributed by atoms with van der Waals surface area (Å²) in [5, 5.41) is 69.6. The lowest BCUT2D eigenvalue weighted by atomic mass is 9.98. The molecule has 11 nitrogen and oxygen atoms in total. The smallest absolute Gasteiger partial charge is 0.187 e. The van der Waals surface area contributed by atoms with Gasteiger partial charge in [-0.3, -0.25) is 0 Å². The van der Waals surface area contributed by atoms with E-state index in [1.165, 1.54) is 5.57 Å². The molecule has 11 heteroatoms. The van der Waals surface area contributed by atoms with E-state index in [1.807, 2.05) is 26.8 Å². The van der Waals surface area contributed by atoms with Crippen LogP contribution < -0.4 is 0 Å². The van der Waals surface area contributed by atoms with Gasteiger partial charge in [-0.25, -0.2) is 0 Å². The second kappa shape index (κ2) is 13.2. The van der Waals surface area contributed by atoms with E-state index in [1.54, 1.807) is 0 Å². The summed E-state index contributed by atoms with van der Waals surface area (Å²) >= 11 is 0. The summed E-state index contributed by atoms with van der Waals surface area (Å²) in [5.74, 6) is 0. The standard InChI is InChI=1S/C22H38O11/c1-11(2)5-4-6-12(3)7-8-30-21-19(28)18(27)16(25)14(33-21)10-31-22-20(29)17(26)15(24)13(9-23)32-22/h5,7,13-29H,4,6,8-10H2,1-3H3/t13-,14-,15-,16-,17+,18+,19-,20-,21-,22-/m1/s1. The quantitative estimate of drug-likeness (QED) is 0.178. The van der Waals surface area contributed by atoms with Gasteiger partial charge in [0.25, 0.3) is 0 Å². The monoisotopic (exact) mass is 478 g/mol. The second-order valence-corrected chi connectivity index (χ2v) is 8.75. The van der Waals surface area contributed by atoms with Crippen LogP contribution in [0.15, 0.2) is 23.3 Å². The molecule has 2 aliphatic heterocycles. The zero-order valence-corrected chi connectivity index (χ0v) is 19.2. The molecule has 0 spiro atoms. The lowest BCUT2D eigenvalue weighted by Gasteiger charge is -2.42. The van der Waals surface area contributed by atoms with Crippen molar-refractivity contribution in [1.29, 1.82) is 0 Å². The Hall–Kier alpha value is -0.960. The number of allylic oxidation sites excluding steroid dienone is 3. The van der Waals surface area contributed by atoms with E-state index in [-0.39, 0.29) is 6.61 Å². The van der Waals surface area contributed by atoms with Crippen molar-refractivity contribution in [3.63, 3.8) is 0 Å². The Labute approximate surface area is 193 Å². The van der Waals surface area contributed by atoms with Gasteiger partial charge in [-0.2, -0.15) is 0 Å². The molecular weight excluding hydrogens is 440 g/mol. The Kier molecular flexibility index (Phi) is 11.3. The van der Waals surface area contributed by atoms with Gasteiger partial charge in [-0.15, -0.1) is 0 Å². The average Bonchev–Trinajstić information content (AvgIpc) is 2.77. The molecule has 0 bridgehead atoms. The molecule has 0 unspecified atom stereocenters. The third-order valence-electron chi connectivity index (χ3n) is 5.73. The van der Waals surface area contributed by atoms with Crippen LogP contribution >= 0.6 is 0 Å². The summed E-state index contributed by atoms with van der Waals surface area (Å²) < 4.78 is 21.7. The Morgan fingerprint density at radius 2 is 1.27 bits per heavy atom. The molecule has 33 heavy (non-hydrogen) atoms. The van der Waals surface area contributed by atoms with Crippen LogP contribution in [0.5, 0.6) is 0 Å². The highest BCUT2D eigenvalue weighted by atomic mass is 16.7. The minimum atomic E-state index is -1.62. The molecule has 7 N–H and O–H groups in total. The van der Waals surface area contributed by atoms with Gasteiger partial charge in [0, 0.05) is 0 Å². The van der Waals surface area contributed by atoms with Gasteiger partial charge in [0.15, 0.2) is 12.6 Å². The Morgan fingerprint density at radius 1 is 0.727 bits per heavy atom. The highest BCUT2D eigenvalue weighted by Gasteiger charge is 2.47. The van der Waals surface area contributed by atoms with Crippen molar-refractivity contribution in [2.24, 2.45) is 0 Å². The summed E-state index contributed by atoms with van der Waals surface area (Å²) in [6.07, 6.45) is -8.62. The Balaban J connectivity index is 1.91. The molecule has 0 aromatic rings. The van der Waals surface area contributed by atoms with Crippen molar-refractivity contribution < 1.29 is 54.7 Å². The van der Waals surface area contributed by atoms with Crippen LogP contribution in [-0.4, -0.2) is 117 Å². The minimum absolute atomic E-state index is 0.117. The number of aliphatic hydroxyl groups excluding tert-OH is 7. The molecule has 0 aromatic heterocycles. The molecule has 10 atom stereocenters. The second-order valence-electron chi connectivity index (χ2n) is 8.75. The summed E-state index contributed by atoms with van der Waals surface area (Å²) in [7, 11) is 0. The van der Waals surface area contributed by atoms with Crippen LogP contribution in [0.2, 0.25) is 0 Å². The number of hydrogen-bond donors (Lipinski definition) is 7. The van der Waals surface area contributed by atoms with Crippen LogP contribution in [0.3, 0.4) is 0 Å². The van der Waals surface area contributed by atoms with Gasteiger partial charge in [0.2, 0.25) is 0 Å². The van der Waals surface area contributed by atoms with E-state index in [9.17, 15) is 35.7 Å². The van der Waals surface area contributed by atoms with E-state index >= 15 is 0 Å². The summed E-state index contributed by atoms with van der Waals surface area (Å²) in [5.41, 5.74) is 2.32. The third-order valence-corrected chi connectivity index (χ3v) is 5.73. The molecule has 0 aliphatic carbocycles. The lowest BCUT2D eigenvalue weighted by Crippen LogP contribution is -2.61. The fraction of sp³-hybridized carbons (Fsp3) is 0.818. The molecule has 0 saturated carbocycles. The van der Waals surface area contributed by atoms with E-state index in [0.717, 1.165) is 18.4 Å². The van der Waals surface area contributed by atoms with Crippen molar-refractivity contribution in [1.82, 2.24) is 0 Å². The van der Waals surface area contributed by atoms with Gasteiger partial charge in [-0.05, 0) is 33.6 Å². The summed E-state index contributed by atoms with van der Waals surface area (Å²) in [4.78, 5) is 0. The minimum Gasteiger partial charge on any atom is -0.394 e. The molecule has 2 fully saturated rings. The third kappa shape index (κ3) is 7.77. The molecule has 0 aromatic carbocycles. The predicted molar refractivity (Wildman–Crippen MR) is 115 cm³/mol. The highest BCUT2D eigenvalue weighted by molar-refractivity contribution is 5.02.